The van der Waals surface area contributed by atoms with Crippen molar-refractivity contribution in [1.29, 1.82) is 5.26 Å². The highest BCUT2D eigenvalue weighted by atomic mass is 16.6. The third kappa shape index (κ3) is 3.53. The number of aryl methyl sites for hydroxylation is 1. The third-order valence-corrected chi connectivity index (χ3v) is 5.16. The Labute approximate surface area is 174 Å². The number of benzene rings is 3. The van der Waals surface area contributed by atoms with Crippen molar-refractivity contribution in [2.45, 2.75) is 26.3 Å². The van der Waals surface area contributed by atoms with Crippen molar-refractivity contribution in [2.24, 2.45) is 0 Å². The van der Waals surface area contributed by atoms with Crippen molar-refractivity contribution in [1.82, 2.24) is 9.55 Å². The Morgan fingerprint density at radius 2 is 1.83 bits per heavy atom. The highest BCUT2D eigenvalue weighted by molar-refractivity contribution is 5.85. The molecule has 4 rings (SSSR count). The molecule has 0 bridgehead atoms. The van der Waals surface area contributed by atoms with Gasteiger partial charge in [0, 0.05) is 19.0 Å². The van der Waals surface area contributed by atoms with Gasteiger partial charge in [-0.1, -0.05) is 55.5 Å². The minimum atomic E-state index is -0.378. The Morgan fingerprint density at radius 3 is 2.53 bits per heavy atom. The normalized spacial score (nSPS) is 10.8. The van der Waals surface area contributed by atoms with E-state index < -0.39 is 0 Å². The molecule has 0 saturated carbocycles. The third-order valence-electron chi connectivity index (χ3n) is 5.16. The van der Waals surface area contributed by atoms with Crippen LogP contribution >= 0.6 is 0 Å². The monoisotopic (exact) mass is 396 g/mol. The summed E-state index contributed by atoms with van der Waals surface area (Å²) >= 11 is 0. The fraction of sp³-hybridized carbons (Fsp3) is 0.167. The van der Waals surface area contributed by atoms with Gasteiger partial charge in [0.05, 0.1) is 22.1 Å². The molecule has 0 aliphatic rings. The minimum Gasteiger partial charge on any atom is -0.323 e. The number of hydrogen-bond donors (Lipinski definition) is 0. The first-order valence-electron chi connectivity index (χ1n) is 9.83. The van der Waals surface area contributed by atoms with Crippen LogP contribution in [0.1, 0.15) is 30.3 Å². The molecule has 0 aliphatic heterocycles. The van der Waals surface area contributed by atoms with Crippen LogP contribution in [0.5, 0.6) is 0 Å². The van der Waals surface area contributed by atoms with E-state index in [1.54, 1.807) is 6.07 Å². The number of nitrogens with zero attached hydrogens (tertiary/aromatic N) is 4. The maximum absolute atomic E-state index is 11.4. The number of para-hydroxylation sites is 1. The lowest BCUT2D eigenvalue weighted by Gasteiger charge is -2.10. The number of non-ortho nitro benzene ring substituents is 1. The Morgan fingerprint density at radius 1 is 1.07 bits per heavy atom. The highest BCUT2D eigenvalue weighted by Crippen LogP contribution is 2.28. The fourth-order valence-electron chi connectivity index (χ4n) is 3.72. The molecule has 1 aromatic heterocycles. The van der Waals surface area contributed by atoms with E-state index in [0.29, 0.717) is 17.6 Å². The quantitative estimate of drug-likeness (QED) is 0.319. The Hall–Kier alpha value is -3.98. The number of rotatable bonds is 6. The summed E-state index contributed by atoms with van der Waals surface area (Å²) in [6.07, 6.45) is 1.65. The van der Waals surface area contributed by atoms with Gasteiger partial charge in [0.1, 0.15) is 5.82 Å². The smallest absolute Gasteiger partial charge is 0.297 e. The zero-order valence-electron chi connectivity index (χ0n) is 16.6. The van der Waals surface area contributed by atoms with Crippen molar-refractivity contribution in [3.63, 3.8) is 0 Å². The highest BCUT2D eigenvalue weighted by Gasteiger charge is 2.19. The summed E-state index contributed by atoms with van der Waals surface area (Å²) in [5.41, 5.74) is 4.83. The van der Waals surface area contributed by atoms with Crippen LogP contribution in [0.2, 0.25) is 0 Å². The number of aromatic nitrogens is 2. The largest absolute Gasteiger partial charge is 0.323 e. The lowest BCUT2D eigenvalue weighted by molar-refractivity contribution is -0.383. The van der Waals surface area contributed by atoms with Gasteiger partial charge < -0.3 is 4.57 Å². The summed E-state index contributed by atoms with van der Waals surface area (Å²) < 4.78 is 2.06. The van der Waals surface area contributed by atoms with Gasteiger partial charge in [-0.05, 0) is 35.2 Å². The molecule has 0 radical (unpaired) electrons. The average molecular weight is 396 g/mol. The zero-order valence-corrected chi connectivity index (χ0v) is 16.6. The topological polar surface area (TPSA) is 84.8 Å². The molecule has 6 nitrogen and oxygen atoms in total. The summed E-state index contributed by atoms with van der Waals surface area (Å²) in [6, 6.07) is 22.9. The molecular weight excluding hydrogens is 376 g/mol. The van der Waals surface area contributed by atoms with Crippen LogP contribution in [-0.2, 0) is 13.0 Å². The molecular formula is C24H20N4O2. The summed E-state index contributed by atoms with van der Waals surface area (Å²) in [7, 11) is 0. The lowest BCUT2D eigenvalue weighted by Crippen LogP contribution is -2.05. The molecule has 0 atom stereocenters. The first kappa shape index (κ1) is 19.3. The van der Waals surface area contributed by atoms with Crippen molar-refractivity contribution in [3.05, 3.63) is 93.8 Å². The van der Waals surface area contributed by atoms with Gasteiger partial charge in [-0.25, -0.2) is 4.98 Å². The summed E-state index contributed by atoms with van der Waals surface area (Å²) in [6.45, 7) is 2.65. The van der Waals surface area contributed by atoms with E-state index in [4.69, 9.17) is 0 Å². The number of hydrogen-bond acceptors (Lipinski definition) is 4. The van der Waals surface area contributed by atoms with Gasteiger partial charge in [-0.3, -0.25) is 10.1 Å². The van der Waals surface area contributed by atoms with E-state index in [0.717, 1.165) is 40.9 Å². The first-order chi connectivity index (χ1) is 14.6. The molecule has 0 saturated heterocycles. The van der Waals surface area contributed by atoms with E-state index in [1.165, 1.54) is 6.07 Å². The Bertz CT molecular complexity index is 1270. The Kier molecular flexibility index (Phi) is 5.27. The van der Waals surface area contributed by atoms with Crippen LogP contribution in [-0.4, -0.2) is 14.5 Å². The predicted octanol–water partition coefficient (Wildman–Crippen LogP) is 5.48. The molecule has 4 aromatic rings. The minimum absolute atomic E-state index is 0.0343. The van der Waals surface area contributed by atoms with E-state index >= 15 is 0 Å². The van der Waals surface area contributed by atoms with Crippen LogP contribution in [0.4, 0.5) is 5.69 Å². The van der Waals surface area contributed by atoms with Gasteiger partial charge in [0.15, 0.2) is 5.52 Å². The van der Waals surface area contributed by atoms with Crippen LogP contribution in [0.15, 0.2) is 66.7 Å². The summed E-state index contributed by atoms with van der Waals surface area (Å²) in [5, 5.41) is 20.7. The second-order valence-electron chi connectivity index (χ2n) is 7.12. The summed E-state index contributed by atoms with van der Waals surface area (Å²) in [4.78, 5) is 15.6. The van der Waals surface area contributed by atoms with Crippen LogP contribution < -0.4 is 0 Å². The molecule has 0 unspecified atom stereocenters. The van der Waals surface area contributed by atoms with Crippen molar-refractivity contribution in [3.8, 4) is 17.2 Å². The molecule has 0 N–H and O–H groups in total. The molecule has 0 spiro atoms. The molecule has 3 aromatic carbocycles. The number of nitro benzene ring substituents is 1. The lowest BCUT2D eigenvalue weighted by atomic mass is 9.99. The number of nitro groups is 1. The fourth-order valence-corrected chi connectivity index (χ4v) is 3.72. The van der Waals surface area contributed by atoms with Gasteiger partial charge in [-0.2, -0.15) is 5.26 Å². The molecule has 0 amide bonds. The molecule has 1 heterocycles. The van der Waals surface area contributed by atoms with Gasteiger partial charge in [0.25, 0.3) is 5.69 Å². The number of imidazole rings is 1. The zero-order chi connectivity index (χ0) is 21.1. The average Bonchev–Trinajstić information content (AvgIpc) is 3.11. The van der Waals surface area contributed by atoms with Crippen molar-refractivity contribution >= 4 is 16.7 Å². The second kappa shape index (κ2) is 8.18. The van der Waals surface area contributed by atoms with Crippen LogP contribution in [0, 0.1) is 21.4 Å². The standard InChI is InChI=1S/C24H20N4O2/c1-2-6-23-26-24-21(9-5-10-22(24)28(29)30)27(23)16-17-11-13-18(14-12-17)20-8-4-3-7-19(20)15-25/h3-5,7-14H,2,6,16H2,1H3. The SMILES string of the molecule is CCCc1nc2c([N+](=O)[O-])cccc2n1Cc1ccc(-c2ccccc2C#N)cc1. The van der Waals surface area contributed by atoms with Gasteiger partial charge in [-0.15, -0.1) is 0 Å². The van der Waals surface area contributed by atoms with E-state index in [9.17, 15) is 15.4 Å². The molecule has 148 valence electrons. The maximum atomic E-state index is 11.4. The van der Waals surface area contributed by atoms with E-state index in [2.05, 4.69) is 22.5 Å². The van der Waals surface area contributed by atoms with Gasteiger partial charge in [0.2, 0.25) is 0 Å². The summed E-state index contributed by atoms with van der Waals surface area (Å²) in [5.74, 6) is 0.848. The molecule has 30 heavy (non-hydrogen) atoms. The second-order valence-corrected chi connectivity index (χ2v) is 7.12. The molecule has 6 heteroatoms. The van der Waals surface area contributed by atoms with E-state index in [-0.39, 0.29) is 10.6 Å². The molecule has 0 aliphatic carbocycles. The first-order valence-corrected chi connectivity index (χ1v) is 9.83. The maximum Gasteiger partial charge on any atom is 0.297 e. The number of nitriles is 1. The van der Waals surface area contributed by atoms with Crippen LogP contribution in [0.3, 0.4) is 0 Å². The number of fused-ring (bicyclic) bond motifs is 1. The van der Waals surface area contributed by atoms with Crippen molar-refractivity contribution in [2.75, 3.05) is 0 Å². The van der Waals surface area contributed by atoms with Gasteiger partial charge >= 0.3 is 0 Å². The predicted molar refractivity (Wildman–Crippen MR) is 116 cm³/mol. The van der Waals surface area contributed by atoms with Crippen molar-refractivity contribution < 1.29 is 4.92 Å². The van der Waals surface area contributed by atoms with Crippen LogP contribution in [0.25, 0.3) is 22.2 Å². The molecule has 0 fully saturated rings. The van der Waals surface area contributed by atoms with E-state index in [1.807, 2.05) is 54.6 Å². The Balaban J connectivity index is 1.72.